The molecule has 0 saturated heterocycles. The van der Waals surface area contributed by atoms with Gasteiger partial charge >= 0.3 is 0 Å². The lowest BCUT2D eigenvalue weighted by atomic mass is 10.1. The van der Waals surface area contributed by atoms with Gasteiger partial charge in [-0.1, -0.05) is 11.6 Å². The summed E-state index contributed by atoms with van der Waals surface area (Å²) in [4.78, 5) is 4.47. The van der Waals surface area contributed by atoms with Gasteiger partial charge in [-0.25, -0.2) is 4.98 Å². The highest BCUT2D eigenvalue weighted by molar-refractivity contribution is 6.30. The van der Waals surface area contributed by atoms with E-state index in [1.807, 2.05) is 30.6 Å². The summed E-state index contributed by atoms with van der Waals surface area (Å²) in [6.45, 7) is 5.82. The number of halogens is 1. The molecule has 0 aliphatic carbocycles. The summed E-state index contributed by atoms with van der Waals surface area (Å²) in [6, 6.07) is 11.8. The summed E-state index contributed by atoms with van der Waals surface area (Å²) in [7, 11) is 0. The number of hydrogen-bond acceptors (Lipinski definition) is 2. The number of nitrogens with zero attached hydrogens (tertiary/aromatic N) is 2. The van der Waals surface area contributed by atoms with E-state index in [2.05, 4.69) is 35.5 Å². The Morgan fingerprint density at radius 2 is 1.82 bits per heavy atom. The van der Waals surface area contributed by atoms with Crippen LogP contribution in [0.1, 0.15) is 17.5 Å². The Morgan fingerprint density at radius 1 is 1.09 bits per heavy atom. The lowest BCUT2D eigenvalue weighted by Crippen LogP contribution is -2.03. The van der Waals surface area contributed by atoms with Crippen molar-refractivity contribution in [3.63, 3.8) is 0 Å². The van der Waals surface area contributed by atoms with Gasteiger partial charge in [0.15, 0.2) is 0 Å². The molecule has 22 heavy (non-hydrogen) atoms. The van der Waals surface area contributed by atoms with Gasteiger partial charge in [-0.15, -0.1) is 0 Å². The summed E-state index contributed by atoms with van der Waals surface area (Å²) in [5, 5.41) is 0.725. The van der Waals surface area contributed by atoms with Crippen molar-refractivity contribution in [2.45, 2.75) is 26.8 Å². The van der Waals surface area contributed by atoms with Crippen molar-refractivity contribution in [2.75, 3.05) is 6.61 Å². The monoisotopic (exact) mass is 314 g/mol. The Labute approximate surface area is 135 Å². The Hall–Kier alpha value is -2.00. The normalized spacial score (nSPS) is 11.0. The third-order valence-corrected chi connectivity index (χ3v) is 4.11. The first-order valence-corrected chi connectivity index (χ1v) is 7.82. The standard InChI is InChI=1S/C18H19ClN2O/c1-13-10-17-18(11-14(13)2)21(12-20-17)8-3-9-22-16-6-4-15(19)5-7-16/h4-7,10-12H,3,8-9H2,1-2H3. The second-order valence-corrected chi connectivity index (χ2v) is 5.96. The Bertz CT molecular complexity index is 778. The molecule has 0 fully saturated rings. The van der Waals surface area contributed by atoms with Crippen molar-refractivity contribution in [2.24, 2.45) is 0 Å². The molecular weight excluding hydrogens is 296 g/mol. The number of aromatic nitrogens is 2. The largest absolute Gasteiger partial charge is 0.494 e. The van der Waals surface area contributed by atoms with Crippen LogP contribution in [0.15, 0.2) is 42.7 Å². The topological polar surface area (TPSA) is 27.1 Å². The minimum absolute atomic E-state index is 0.673. The highest BCUT2D eigenvalue weighted by atomic mass is 35.5. The molecule has 0 aliphatic rings. The molecular formula is C18H19ClN2O. The third-order valence-electron chi connectivity index (χ3n) is 3.86. The van der Waals surface area contributed by atoms with Gasteiger partial charge in [0.05, 0.1) is 24.0 Å². The SMILES string of the molecule is Cc1cc2ncn(CCCOc3ccc(Cl)cc3)c2cc1C. The van der Waals surface area contributed by atoms with Crippen molar-refractivity contribution in [3.05, 3.63) is 58.9 Å². The van der Waals surface area contributed by atoms with Crippen LogP contribution in [0.5, 0.6) is 5.75 Å². The minimum atomic E-state index is 0.673. The average Bonchev–Trinajstić information content (AvgIpc) is 2.88. The van der Waals surface area contributed by atoms with Crippen molar-refractivity contribution in [1.82, 2.24) is 9.55 Å². The second-order valence-electron chi connectivity index (χ2n) is 5.52. The zero-order chi connectivity index (χ0) is 15.5. The molecule has 114 valence electrons. The molecule has 0 spiro atoms. The lowest BCUT2D eigenvalue weighted by molar-refractivity contribution is 0.302. The number of aryl methyl sites for hydroxylation is 3. The number of imidazole rings is 1. The molecule has 0 aliphatic heterocycles. The van der Waals surface area contributed by atoms with Gasteiger partial charge in [0, 0.05) is 11.6 Å². The van der Waals surface area contributed by atoms with E-state index >= 15 is 0 Å². The van der Waals surface area contributed by atoms with Crippen molar-refractivity contribution >= 4 is 22.6 Å². The molecule has 3 rings (SSSR count). The van der Waals surface area contributed by atoms with Gasteiger partial charge in [-0.2, -0.15) is 0 Å². The van der Waals surface area contributed by atoms with E-state index in [4.69, 9.17) is 16.3 Å². The Morgan fingerprint density at radius 3 is 2.59 bits per heavy atom. The predicted molar refractivity (Wildman–Crippen MR) is 90.8 cm³/mol. The van der Waals surface area contributed by atoms with Crippen LogP contribution in [0.3, 0.4) is 0 Å². The molecule has 0 amide bonds. The van der Waals surface area contributed by atoms with Crippen LogP contribution in [-0.4, -0.2) is 16.2 Å². The van der Waals surface area contributed by atoms with E-state index < -0.39 is 0 Å². The van der Waals surface area contributed by atoms with Crippen LogP contribution in [0.2, 0.25) is 5.02 Å². The lowest BCUT2D eigenvalue weighted by Gasteiger charge is -2.08. The predicted octanol–water partition coefficient (Wildman–Crippen LogP) is 4.78. The molecule has 0 saturated carbocycles. The van der Waals surface area contributed by atoms with Crippen LogP contribution in [0, 0.1) is 13.8 Å². The van der Waals surface area contributed by atoms with E-state index in [1.165, 1.54) is 16.6 Å². The fraction of sp³-hybridized carbons (Fsp3) is 0.278. The van der Waals surface area contributed by atoms with E-state index in [0.29, 0.717) is 6.61 Å². The molecule has 0 unspecified atom stereocenters. The summed E-state index contributed by atoms with van der Waals surface area (Å²) in [6.07, 6.45) is 2.84. The highest BCUT2D eigenvalue weighted by Gasteiger charge is 2.05. The van der Waals surface area contributed by atoms with Gasteiger partial charge < -0.3 is 9.30 Å². The van der Waals surface area contributed by atoms with Crippen molar-refractivity contribution in [1.29, 1.82) is 0 Å². The maximum absolute atomic E-state index is 5.85. The number of benzene rings is 2. The molecule has 2 aromatic carbocycles. The molecule has 3 aromatic rings. The van der Waals surface area contributed by atoms with Crippen LogP contribution in [0.4, 0.5) is 0 Å². The summed E-state index contributed by atoms with van der Waals surface area (Å²) in [5.74, 6) is 0.853. The first kappa shape index (κ1) is 14.9. The molecule has 0 N–H and O–H groups in total. The summed E-state index contributed by atoms with van der Waals surface area (Å²) < 4.78 is 7.91. The van der Waals surface area contributed by atoms with Gasteiger partial charge in [-0.05, 0) is 67.8 Å². The highest BCUT2D eigenvalue weighted by Crippen LogP contribution is 2.19. The van der Waals surface area contributed by atoms with E-state index in [0.717, 1.165) is 29.3 Å². The molecule has 0 atom stereocenters. The molecule has 3 nitrogen and oxygen atoms in total. The zero-order valence-corrected chi connectivity index (χ0v) is 13.6. The van der Waals surface area contributed by atoms with Gasteiger partial charge in [0.1, 0.15) is 5.75 Å². The summed E-state index contributed by atoms with van der Waals surface area (Å²) in [5.41, 5.74) is 4.83. The van der Waals surface area contributed by atoms with Gasteiger partial charge in [0.25, 0.3) is 0 Å². The van der Waals surface area contributed by atoms with E-state index in [1.54, 1.807) is 0 Å². The number of fused-ring (bicyclic) bond motifs is 1. The number of rotatable bonds is 5. The zero-order valence-electron chi connectivity index (χ0n) is 12.8. The first-order chi connectivity index (χ1) is 10.6. The summed E-state index contributed by atoms with van der Waals surface area (Å²) >= 11 is 5.85. The minimum Gasteiger partial charge on any atom is -0.494 e. The quantitative estimate of drug-likeness (QED) is 0.634. The molecule has 0 bridgehead atoms. The van der Waals surface area contributed by atoms with Crippen LogP contribution in [-0.2, 0) is 6.54 Å². The molecule has 1 aromatic heterocycles. The molecule has 0 radical (unpaired) electrons. The number of hydrogen-bond donors (Lipinski definition) is 0. The maximum atomic E-state index is 5.85. The Balaban J connectivity index is 1.60. The van der Waals surface area contributed by atoms with Gasteiger partial charge in [-0.3, -0.25) is 0 Å². The second kappa shape index (κ2) is 6.41. The maximum Gasteiger partial charge on any atom is 0.119 e. The van der Waals surface area contributed by atoms with E-state index in [9.17, 15) is 0 Å². The van der Waals surface area contributed by atoms with E-state index in [-0.39, 0.29) is 0 Å². The van der Waals surface area contributed by atoms with Crippen molar-refractivity contribution in [3.8, 4) is 5.75 Å². The number of ether oxygens (including phenoxy) is 1. The van der Waals surface area contributed by atoms with Crippen molar-refractivity contribution < 1.29 is 4.74 Å². The fourth-order valence-electron chi connectivity index (χ4n) is 2.45. The average molecular weight is 315 g/mol. The molecule has 1 heterocycles. The van der Waals surface area contributed by atoms with Gasteiger partial charge in [0.2, 0.25) is 0 Å². The molecule has 4 heteroatoms. The van der Waals surface area contributed by atoms with Crippen LogP contribution < -0.4 is 4.74 Å². The third kappa shape index (κ3) is 3.25. The Kier molecular flexibility index (Phi) is 4.34. The fourth-order valence-corrected chi connectivity index (χ4v) is 2.57. The van der Waals surface area contributed by atoms with Crippen LogP contribution >= 0.6 is 11.6 Å². The first-order valence-electron chi connectivity index (χ1n) is 7.44. The van der Waals surface area contributed by atoms with Crippen LogP contribution in [0.25, 0.3) is 11.0 Å². The smallest absolute Gasteiger partial charge is 0.119 e.